The Kier molecular flexibility index (Phi) is 4.24. The lowest BCUT2D eigenvalue weighted by atomic mass is 10.1. The van der Waals surface area contributed by atoms with Crippen LogP contribution < -0.4 is 20.5 Å². The second-order valence-corrected chi connectivity index (χ2v) is 6.00. The van der Waals surface area contributed by atoms with Gasteiger partial charge in [-0.2, -0.15) is 0 Å². The van der Waals surface area contributed by atoms with Crippen LogP contribution >= 0.6 is 27.5 Å². The number of hydrogen-bond donors (Lipinski definition) is 2. The summed E-state index contributed by atoms with van der Waals surface area (Å²) in [4.78, 5) is 0. The van der Waals surface area contributed by atoms with Crippen molar-refractivity contribution >= 4 is 33.2 Å². The first-order valence-corrected chi connectivity index (χ1v) is 7.65. The Morgan fingerprint density at radius 3 is 2.71 bits per heavy atom. The molecule has 110 valence electrons. The summed E-state index contributed by atoms with van der Waals surface area (Å²) in [5.41, 5.74) is 7.85. The minimum atomic E-state index is -0.0572. The number of ether oxygens (including phenoxy) is 2. The van der Waals surface area contributed by atoms with E-state index in [1.165, 1.54) is 0 Å². The lowest BCUT2D eigenvalue weighted by molar-refractivity contribution is 0.174. The van der Waals surface area contributed by atoms with E-state index < -0.39 is 0 Å². The van der Waals surface area contributed by atoms with E-state index in [2.05, 4.69) is 21.2 Å². The van der Waals surface area contributed by atoms with E-state index in [1.807, 2.05) is 36.4 Å². The Balaban J connectivity index is 1.86. The molecule has 4 nitrogen and oxygen atoms in total. The number of nitrogens with two attached hydrogens (primary N) is 1. The quantitative estimate of drug-likeness (QED) is 0.857. The molecule has 3 rings (SSSR count). The van der Waals surface area contributed by atoms with Crippen molar-refractivity contribution in [2.45, 2.75) is 6.04 Å². The lowest BCUT2D eigenvalue weighted by Gasteiger charge is -2.19. The van der Waals surface area contributed by atoms with E-state index in [0.717, 1.165) is 15.7 Å². The van der Waals surface area contributed by atoms with Crippen LogP contribution in [0.4, 0.5) is 5.69 Å². The molecule has 1 aliphatic heterocycles. The number of nitrogens with one attached hydrogen (secondary N) is 1. The fourth-order valence-electron chi connectivity index (χ4n) is 2.21. The topological polar surface area (TPSA) is 56.5 Å². The van der Waals surface area contributed by atoms with Crippen molar-refractivity contribution in [1.82, 2.24) is 0 Å². The highest BCUT2D eigenvalue weighted by Crippen LogP contribution is 2.41. The summed E-state index contributed by atoms with van der Waals surface area (Å²) < 4.78 is 11.7. The van der Waals surface area contributed by atoms with Crippen LogP contribution in [0.25, 0.3) is 0 Å². The van der Waals surface area contributed by atoms with Gasteiger partial charge in [0.15, 0.2) is 11.5 Å². The van der Waals surface area contributed by atoms with Crippen LogP contribution in [-0.2, 0) is 0 Å². The summed E-state index contributed by atoms with van der Waals surface area (Å²) in [6, 6.07) is 11.6. The van der Waals surface area contributed by atoms with Gasteiger partial charge >= 0.3 is 0 Å². The van der Waals surface area contributed by atoms with Crippen LogP contribution in [0.2, 0.25) is 5.02 Å². The molecular weight excluding hydrogens is 356 g/mol. The zero-order valence-electron chi connectivity index (χ0n) is 11.1. The second-order valence-electron chi connectivity index (χ2n) is 4.68. The molecular formula is C15H14BrClN2O2. The van der Waals surface area contributed by atoms with Crippen molar-refractivity contribution in [1.29, 1.82) is 0 Å². The second kappa shape index (κ2) is 6.13. The van der Waals surface area contributed by atoms with Crippen molar-refractivity contribution in [2.24, 2.45) is 5.73 Å². The summed E-state index contributed by atoms with van der Waals surface area (Å²) in [5, 5.41) is 3.93. The van der Waals surface area contributed by atoms with Crippen molar-refractivity contribution in [3.05, 3.63) is 51.5 Å². The molecule has 0 spiro atoms. The molecule has 1 atom stereocenters. The van der Waals surface area contributed by atoms with Gasteiger partial charge in [0.25, 0.3) is 0 Å². The predicted molar refractivity (Wildman–Crippen MR) is 87.1 cm³/mol. The van der Waals surface area contributed by atoms with Gasteiger partial charge < -0.3 is 20.5 Å². The summed E-state index contributed by atoms with van der Waals surface area (Å²) in [6.07, 6.45) is 0. The molecule has 2 aromatic rings. The van der Waals surface area contributed by atoms with E-state index in [0.29, 0.717) is 23.1 Å². The average Bonchev–Trinajstić information content (AvgIpc) is 2.95. The number of benzene rings is 2. The third-order valence-electron chi connectivity index (χ3n) is 3.27. The predicted octanol–water partition coefficient (Wildman–Crippen LogP) is 3.94. The van der Waals surface area contributed by atoms with Crippen LogP contribution in [0.5, 0.6) is 11.5 Å². The van der Waals surface area contributed by atoms with Crippen molar-refractivity contribution < 1.29 is 9.47 Å². The maximum absolute atomic E-state index is 6.22. The summed E-state index contributed by atoms with van der Waals surface area (Å²) in [7, 11) is 0. The molecule has 3 N–H and O–H groups in total. The largest absolute Gasteiger partial charge is 0.454 e. The van der Waals surface area contributed by atoms with Gasteiger partial charge in [-0.15, -0.1) is 0 Å². The molecule has 0 fully saturated rings. The zero-order valence-corrected chi connectivity index (χ0v) is 13.4. The van der Waals surface area contributed by atoms with Gasteiger partial charge in [0.05, 0.1) is 11.1 Å². The monoisotopic (exact) mass is 368 g/mol. The third-order valence-corrected chi connectivity index (χ3v) is 4.08. The van der Waals surface area contributed by atoms with Crippen LogP contribution in [0.3, 0.4) is 0 Å². The maximum atomic E-state index is 6.22. The minimum Gasteiger partial charge on any atom is -0.454 e. The highest BCUT2D eigenvalue weighted by molar-refractivity contribution is 9.10. The standard InChI is InChI=1S/C15H14BrClN2O2/c16-10-1-3-11(4-2-10)19-13(7-18)9-5-12(17)15-14(6-9)20-8-21-15/h1-6,13,19H,7-8,18H2. The first kappa shape index (κ1) is 14.5. The van der Waals surface area contributed by atoms with E-state index in [1.54, 1.807) is 0 Å². The number of hydrogen-bond acceptors (Lipinski definition) is 4. The average molecular weight is 370 g/mol. The summed E-state index contributed by atoms with van der Waals surface area (Å²) in [5.74, 6) is 1.26. The Morgan fingerprint density at radius 2 is 2.00 bits per heavy atom. The molecule has 0 aliphatic carbocycles. The molecule has 21 heavy (non-hydrogen) atoms. The molecule has 0 bridgehead atoms. The number of anilines is 1. The highest BCUT2D eigenvalue weighted by atomic mass is 79.9. The number of halogens is 2. The smallest absolute Gasteiger partial charge is 0.231 e. The normalized spacial score (nSPS) is 14.0. The van der Waals surface area contributed by atoms with Gasteiger partial charge in [-0.25, -0.2) is 0 Å². The molecule has 0 radical (unpaired) electrons. The molecule has 0 amide bonds. The Labute approximate surface area is 136 Å². The Hall–Kier alpha value is -1.43. The van der Waals surface area contributed by atoms with E-state index in [4.69, 9.17) is 26.8 Å². The molecule has 1 aliphatic rings. The van der Waals surface area contributed by atoms with Crippen molar-refractivity contribution in [3.8, 4) is 11.5 Å². The summed E-state index contributed by atoms with van der Waals surface area (Å²) >= 11 is 9.64. The number of rotatable bonds is 4. The molecule has 1 heterocycles. The molecule has 2 aromatic carbocycles. The Morgan fingerprint density at radius 1 is 1.24 bits per heavy atom. The van der Waals surface area contributed by atoms with E-state index in [-0.39, 0.29) is 12.8 Å². The first-order valence-electron chi connectivity index (χ1n) is 6.48. The van der Waals surface area contributed by atoms with Gasteiger partial charge in [-0.3, -0.25) is 0 Å². The minimum absolute atomic E-state index is 0.0572. The van der Waals surface area contributed by atoms with Crippen LogP contribution in [-0.4, -0.2) is 13.3 Å². The van der Waals surface area contributed by atoms with E-state index in [9.17, 15) is 0 Å². The van der Waals surface area contributed by atoms with Gasteiger partial charge in [0.2, 0.25) is 6.79 Å². The molecule has 6 heteroatoms. The number of fused-ring (bicyclic) bond motifs is 1. The van der Waals surface area contributed by atoms with Gasteiger partial charge in [0, 0.05) is 16.7 Å². The van der Waals surface area contributed by atoms with Crippen LogP contribution in [0.1, 0.15) is 11.6 Å². The van der Waals surface area contributed by atoms with E-state index >= 15 is 0 Å². The van der Waals surface area contributed by atoms with Gasteiger partial charge in [-0.05, 0) is 42.0 Å². The highest BCUT2D eigenvalue weighted by Gasteiger charge is 2.21. The van der Waals surface area contributed by atoms with Crippen molar-refractivity contribution in [3.63, 3.8) is 0 Å². The molecule has 0 aromatic heterocycles. The molecule has 0 saturated carbocycles. The Bertz CT molecular complexity index is 649. The maximum Gasteiger partial charge on any atom is 0.231 e. The summed E-state index contributed by atoms with van der Waals surface area (Å²) in [6.45, 7) is 0.637. The van der Waals surface area contributed by atoms with Gasteiger partial charge in [0.1, 0.15) is 0 Å². The molecule has 0 saturated heterocycles. The van der Waals surface area contributed by atoms with Crippen LogP contribution in [0.15, 0.2) is 40.9 Å². The third kappa shape index (κ3) is 3.10. The lowest BCUT2D eigenvalue weighted by Crippen LogP contribution is -2.20. The first-order chi connectivity index (χ1) is 10.2. The van der Waals surface area contributed by atoms with Crippen LogP contribution in [0, 0.1) is 0 Å². The molecule has 1 unspecified atom stereocenters. The fourth-order valence-corrected chi connectivity index (χ4v) is 2.75. The van der Waals surface area contributed by atoms with Crippen molar-refractivity contribution in [2.75, 3.05) is 18.7 Å². The fraction of sp³-hybridized carbons (Fsp3) is 0.200. The van der Waals surface area contributed by atoms with Gasteiger partial charge in [-0.1, -0.05) is 27.5 Å². The SMILES string of the molecule is NCC(Nc1ccc(Br)cc1)c1cc(Cl)c2c(c1)OCO2. The zero-order chi connectivity index (χ0) is 14.8.